The van der Waals surface area contributed by atoms with Crippen LogP contribution in [0.15, 0.2) is 24.3 Å². The van der Waals surface area contributed by atoms with E-state index < -0.39 is 0 Å². The number of nitrogens with zero attached hydrogens (tertiary/aromatic N) is 1. The van der Waals surface area contributed by atoms with Gasteiger partial charge in [-0.2, -0.15) is 0 Å². The molecular weight excluding hydrogens is 257 g/mol. The molecule has 0 N–H and O–H groups in total. The molecule has 0 aromatic heterocycles. The predicted octanol–water partition coefficient (Wildman–Crippen LogP) is 3.88. The van der Waals surface area contributed by atoms with Crippen molar-refractivity contribution >= 4 is 35.2 Å². The highest BCUT2D eigenvalue weighted by Gasteiger charge is 2.04. The molecule has 2 nitrogen and oxygen atoms in total. The van der Waals surface area contributed by atoms with Crippen LogP contribution in [0.2, 0.25) is 10.0 Å². The molecule has 1 aromatic rings. The Morgan fingerprint density at radius 2 is 1.88 bits per heavy atom. The number of carbonyl (C=O) groups is 1. The Morgan fingerprint density at radius 1 is 1.24 bits per heavy atom. The standard InChI is InChI=1S/C13H15Cl2NO/c1-3-16(4-2)13(17)8-6-10-5-7-11(14)12(15)9-10/h5-9H,3-4H2,1-2H3/b8-6+. The third-order valence-electron chi connectivity index (χ3n) is 2.44. The fourth-order valence-electron chi connectivity index (χ4n) is 1.42. The van der Waals surface area contributed by atoms with Crippen LogP contribution in [0, 0.1) is 0 Å². The minimum atomic E-state index is 0.000993. The number of benzene rings is 1. The van der Waals surface area contributed by atoms with Gasteiger partial charge in [-0.1, -0.05) is 29.3 Å². The third-order valence-corrected chi connectivity index (χ3v) is 3.18. The molecule has 0 aliphatic heterocycles. The summed E-state index contributed by atoms with van der Waals surface area (Å²) in [4.78, 5) is 13.5. The highest BCUT2D eigenvalue weighted by atomic mass is 35.5. The number of hydrogen-bond donors (Lipinski definition) is 0. The van der Waals surface area contributed by atoms with E-state index in [0.29, 0.717) is 23.1 Å². The van der Waals surface area contributed by atoms with Crippen molar-refractivity contribution < 1.29 is 4.79 Å². The molecule has 0 atom stereocenters. The Hall–Kier alpha value is -0.990. The Bertz CT molecular complexity index is 425. The topological polar surface area (TPSA) is 20.3 Å². The summed E-state index contributed by atoms with van der Waals surface area (Å²) < 4.78 is 0. The SMILES string of the molecule is CCN(CC)C(=O)/C=C/c1ccc(Cl)c(Cl)c1. The number of likely N-dealkylation sites (N-methyl/N-ethyl adjacent to an activating group) is 1. The summed E-state index contributed by atoms with van der Waals surface area (Å²) in [6.07, 6.45) is 3.29. The summed E-state index contributed by atoms with van der Waals surface area (Å²) in [7, 11) is 0. The molecule has 17 heavy (non-hydrogen) atoms. The van der Waals surface area contributed by atoms with Gasteiger partial charge in [-0.05, 0) is 37.6 Å². The van der Waals surface area contributed by atoms with Crippen LogP contribution < -0.4 is 0 Å². The first-order valence-electron chi connectivity index (χ1n) is 5.50. The first kappa shape index (κ1) is 14.1. The van der Waals surface area contributed by atoms with Crippen molar-refractivity contribution in [3.05, 3.63) is 39.9 Å². The van der Waals surface area contributed by atoms with Crippen molar-refractivity contribution in [1.29, 1.82) is 0 Å². The fourth-order valence-corrected chi connectivity index (χ4v) is 1.73. The zero-order valence-corrected chi connectivity index (χ0v) is 11.4. The number of rotatable bonds is 4. The molecule has 0 saturated carbocycles. The molecule has 0 spiro atoms. The van der Waals surface area contributed by atoms with E-state index in [9.17, 15) is 4.79 Å². The maximum atomic E-state index is 11.7. The monoisotopic (exact) mass is 271 g/mol. The predicted molar refractivity (Wildman–Crippen MR) is 73.4 cm³/mol. The van der Waals surface area contributed by atoms with Crippen molar-refractivity contribution in [1.82, 2.24) is 4.90 Å². The second kappa shape index (κ2) is 6.67. The average molecular weight is 272 g/mol. The van der Waals surface area contributed by atoms with Gasteiger partial charge in [0.15, 0.2) is 0 Å². The van der Waals surface area contributed by atoms with E-state index in [1.807, 2.05) is 19.9 Å². The van der Waals surface area contributed by atoms with Crippen molar-refractivity contribution in [3.63, 3.8) is 0 Å². The van der Waals surface area contributed by atoms with Gasteiger partial charge in [-0.15, -0.1) is 0 Å². The average Bonchev–Trinajstić information content (AvgIpc) is 2.32. The van der Waals surface area contributed by atoms with E-state index in [0.717, 1.165) is 5.56 Å². The minimum absolute atomic E-state index is 0.000993. The number of halogens is 2. The van der Waals surface area contributed by atoms with Gasteiger partial charge in [-0.3, -0.25) is 4.79 Å². The number of carbonyl (C=O) groups excluding carboxylic acids is 1. The van der Waals surface area contributed by atoms with Gasteiger partial charge in [0.1, 0.15) is 0 Å². The zero-order chi connectivity index (χ0) is 12.8. The van der Waals surface area contributed by atoms with Gasteiger partial charge in [0.05, 0.1) is 10.0 Å². The van der Waals surface area contributed by atoms with Crippen molar-refractivity contribution in [2.45, 2.75) is 13.8 Å². The van der Waals surface area contributed by atoms with Crippen LogP contribution in [0.5, 0.6) is 0 Å². The van der Waals surface area contributed by atoms with Gasteiger partial charge in [0, 0.05) is 19.2 Å². The van der Waals surface area contributed by atoms with E-state index in [2.05, 4.69) is 0 Å². The van der Waals surface area contributed by atoms with Crippen LogP contribution >= 0.6 is 23.2 Å². The highest BCUT2D eigenvalue weighted by Crippen LogP contribution is 2.23. The quantitative estimate of drug-likeness (QED) is 0.762. The fraction of sp³-hybridized carbons (Fsp3) is 0.308. The van der Waals surface area contributed by atoms with Crippen LogP contribution in [0.4, 0.5) is 0 Å². The van der Waals surface area contributed by atoms with Gasteiger partial charge < -0.3 is 4.90 Å². The summed E-state index contributed by atoms with van der Waals surface area (Å²) in [5.41, 5.74) is 0.861. The summed E-state index contributed by atoms with van der Waals surface area (Å²) >= 11 is 11.7. The van der Waals surface area contributed by atoms with Crippen molar-refractivity contribution in [3.8, 4) is 0 Å². The molecule has 1 aromatic carbocycles. The normalized spacial score (nSPS) is 10.8. The Balaban J connectivity index is 2.76. The Morgan fingerprint density at radius 3 is 2.41 bits per heavy atom. The summed E-state index contributed by atoms with van der Waals surface area (Å²) in [6.45, 7) is 5.32. The second-order valence-electron chi connectivity index (χ2n) is 3.52. The first-order valence-corrected chi connectivity index (χ1v) is 6.26. The van der Waals surface area contributed by atoms with E-state index in [4.69, 9.17) is 23.2 Å². The van der Waals surface area contributed by atoms with E-state index in [1.165, 1.54) is 0 Å². The zero-order valence-electron chi connectivity index (χ0n) is 9.91. The summed E-state index contributed by atoms with van der Waals surface area (Å²) in [6, 6.07) is 5.27. The molecule has 0 fully saturated rings. The molecule has 92 valence electrons. The maximum Gasteiger partial charge on any atom is 0.246 e. The van der Waals surface area contributed by atoms with E-state index >= 15 is 0 Å². The van der Waals surface area contributed by atoms with Crippen LogP contribution in [-0.4, -0.2) is 23.9 Å². The smallest absolute Gasteiger partial charge is 0.246 e. The van der Waals surface area contributed by atoms with Crippen LogP contribution in [0.3, 0.4) is 0 Å². The molecule has 1 amide bonds. The first-order chi connectivity index (χ1) is 8.08. The molecular formula is C13H15Cl2NO. The molecule has 0 heterocycles. The second-order valence-corrected chi connectivity index (χ2v) is 4.33. The van der Waals surface area contributed by atoms with Crippen molar-refractivity contribution in [2.75, 3.05) is 13.1 Å². The molecule has 0 unspecified atom stereocenters. The van der Waals surface area contributed by atoms with Gasteiger partial charge in [0.25, 0.3) is 0 Å². The largest absolute Gasteiger partial charge is 0.340 e. The highest BCUT2D eigenvalue weighted by molar-refractivity contribution is 6.42. The van der Waals surface area contributed by atoms with E-state index in [1.54, 1.807) is 29.2 Å². The van der Waals surface area contributed by atoms with Gasteiger partial charge in [-0.25, -0.2) is 0 Å². The lowest BCUT2D eigenvalue weighted by Gasteiger charge is -2.15. The van der Waals surface area contributed by atoms with Gasteiger partial charge in [0.2, 0.25) is 5.91 Å². The van der Waals surface area contributed by atoms with Crippen LogP contribution in [0.1, 0.15) is 19.4 Å². The Kier molecular flexibility index (Phi) is 5.52. The molecule has 4 heteroatoms. The molecule has 0 radical (unpaired) electrons. The molecule has 0 saturated heterocycles. The lowest BCUT2D eigenvalue weighted by Crippen LogP contribution is -2.28. The molecule has 0 aliphatic carbocycles. The number of hydrogen-bond acceptors (Lipinski definition) is 1. The molecule has 1 rings (SSSR count). The maximum absolute atomic E-state index is 11.7. The lowest BCUT2D eigenvalue weighted by atomic mass is 10.2. The minimum Gasteiger partial charge on any atom is -0.340 e. The third kappa shape index (κ3) is 4.06. The molecule has 0 bridgehead atoms. The van der Waals surface area contributed by atoms with E-state index in [-0.39, 0.29) is 5.91 Å². The molecule has 0 aliphatic rings. The Labute approximate surface area is 112 Å². The summed E-state index contributed by atoms with van der Waals surface area (Å²) in [5, 5.41) is 1.00. The lowest BCUT2D eigenvalue weighted by molar-refractivity contribution is -0.125. The van der Waals surface area contributed by atoms with Crippen molar-refractivity contribution in [2.24, 2.45) is 0 Å². The van der Waals surface area contributed by atoms with Gasteiger partial charge >= 0.3 is 0 Å². The number of amides is 1. The van der Waals surface area contributed by atoms with Crippen LogP contribution in [0.25, 0.3) is 6.08 Å². The van der Waals surface area contributed by atoms with Crippen LogP contribution in [-0.2, 0) is 4.79 Å². The summed E-state index contributed by atoms with van der Waals surface area (Å²) in [5.74, 6) is 0.000993.